The van der Waals surface area contributed by atoms with Crippen LogP contribution in [0.15, 0.2) is 18.2 Å². The van der Waals surface area contributed by atoms with E-state index in [0.29, 0.717) is 41.1 Å². The zero-order valence-corrected chi connectivity index (χ0v) is 14.5. The van der Waals surface area contributed by atoms with E-state index in [1.54, 1.807) is 18.2 Å². The van der Waals surface area contributed by atoms with Gasteiger partial charge in [0.2, 0.25) is 5.91 Å². The lowest BCUT2D eigenvalue weighted by atomic mass is 9.89. The van der Waals surface area contributed by atoms with Crippen molar-refractivity contribution >= 4 is 29.1 Å². The molecule has 0 heterocycles. The van der Waals surface area contributed by atoms with Crippen molar-refractivity contribution in [3.05, 3.63) is 23.2 Å². The van der Waals surface area contributed by atoms with Crippen LogP contribution in [0.5, 0.6) is 5.75 Å². The fourth-order valence-corrected chi connectivity index (χ4v) is 4.19. The van der Waals surface area contributed by atoms with Crippen LogP contribution in [0.1, 0.15) is 32.1 Å². The van der Waals surface area contributed by atoms with Crippen molar-refractivity contribution in [2.24, 2.45) is 17.6 Å². The van der Waals surface area contributed by atoms with Gasteiger partial charge in [0.15, 0.2) is 0 Å². The number of hydrogen-bond acceptors (Lipinski definition) is 3. The maximum Gasteiger partial charge on any atom is 0.303 e. The van der Waals surface area contributed by atoms with E-state index in [1.807, 2.05) is 0 Å². The second-order valence-corrected chi connectivity index (χ2v) is 7.68. The molecule has 3 saturated carbocycles. The number of anilines is 1. The van der Waals surface area contributed by atoms with Crippen molar-refractivity contribution in [3.63, 3.8) is 0 Å². The summed E-state index contributed by atoms with van der Waals surface area (Å²) in [5.74, 6) is 2.49. The van der Waals surface area contributed by atoms with Gasteiger partial charge < -0.3 is 10.5 Å². The van der Waals surface area contributed by atoms with Crippen LogP contribution in [0.3, 0.4) is 0 Å². The summed E-state index contributed by atoms with van der Waals surface area (Å²) in [7, 11) is 0. The van der Waals surface area contributed by atoms with Gasteiger partial charge in [0, 0.05) is 5.69 Å². The van der Waals surface area contributed by atoms with E-state index in [1.165, 1.54) is 4.90 Å². The van der Waals surface area contributed by atoms with Gasteiger partial charge in [0.1, 0.15) is 11.3 Å². The van der Waals surface area contributed by atoms with Gasteiger partial charge >= 0.3 is 5.91 Å². The van der Waals surface area contributed by atoms with Gasteiger partial charge in [0.05, 0.1) is 11.1 Å². The molecule has 3 aliphatic rings. The minimum absolute atomic E-state index is 0.214. The zero-order chi connectivity index (χ0) is 17.8. The topological polar surface area (TPSA) is 72.6 Å². The monoisotopic (exact) mass is 358 g/mol. The van der Waals surface area contributed by atoms with Gasteiger partial charge in [0.25, 0.3) is 0 Å². The molecule has 2 N–H and O–H groups in total. The average molecular weight is 359 g/mol. The fraction of sp³-hybridized carbons (Fsp3) is 0.474. The molecule has 3 fully saturated rings. The van der Waals surface area contributed by atoms with Crippen LogP contribution < -0.4 is 15.4 Å². The SMILES string of the molecule is C#CC(=O)N(c1ccc(OC2CC2)c(Cl)c1)C1(C(N)=O)CC2CC2C1. The molecule has 130 valence electrons. The molecule has 25 heavy (non-hydrogen) atoms. The fourth-order valence-electron chi connectivity index (χ4n) is 3.97. The van der Waals surface area contributed by atoms with Crippen LogP contribution in [0, 0.1) is 24.2 Å². The van der Waals surface area contributed by atoms with Gasteiger partial charge in [-0.2, -0.15) is 0 Å². The third-order valence-corrected chi connectivity index (χ3v) is 5.77. The van der Waals surface area contributed by atoms with Gasteiger partial charge in [-0.1, -0.05) is 11.6 Å². The van der Waals surface area contributed by atoms with Crippen molar-refractivity contribution in [1.29, 1.82) is 0 Å². The van der Waals surface area contributed by atoms with Crippen LogP contribution in [-0.4, -0.2) is 23.5 Å². The van der Waals surface area contributed by atoms with Crippen molar-refractivity contribution in [1.82, 2.24) is 0 Å². The Bertz CT molecular complexity index is 786. The van der Waals surface area contributed by atoms with E-state index in [4.69, 9.17) is 28.5 Å². The molecule has 0 aromatic heterocycles. The maximum atomic E-state index is 12.5. The molecule has 2 unspecified atom stereocenters. The highest BCUT2D eigenvalue weighted by molar-refractivity contribution is 6.32. The highest BCUT2D eigenvalue weighted by atomic mass is 35.5. The first-order chi connectivity index (χ1) is 11.9. The first-order valence-corrected chi connectivity index (χ1v) is 8.89. The number of halogens is 1. The number of ether oxygens (including phenoxy) is 1. The lowest BCUT2D eigenvalue weighted by Gasteiger charge is -2.39. The van der Waals surface area contributed by atoms with Crippen molar-refractivity contribution in [3.8, 4) is 18.1 Å². The van der Waals surface area contributed by atoms with E-state index in [-0.39, 0.29) is 6.10 Å². The van der Waals surface area contributed by atoms with Crippen LogP contribution >= 0.6 is 11.6 Å². The Morgan fingerprint density at radius 1 is 1.32 bits per heavy atom. The number of fused-ring (bicyclic) bond motifs is 1. The third-order valence-electron chi connectivity index (χ3n) is 5.47. The van der Waals surface area contributed by atoms with E-state index in [0.717, 1.165) is 19.3 Å². The molecular formula is C19H19ClN2O3. The summed E-state index contributed by atoms with van der Waals surface area (Å²) >= 11 is 6.33. The van der Waals surface area contributed by atoms with E-state index in [9.17, 15) is 9.59 Å². The Morgan fingerprint density at radius 3 is 2.52 bits per heavy atom. The molecule has 0 bridgehead atoms. The molecule has 0 aliphatic heterocycles. The van der Waals surface area contributed by atoms with Crippen LogP contribution in [0.2, 0.25) is 5.02 Å². The number of amides is 2. The summed E-state index contributed by atoms with van der Waals surface area (Å²) in [5.41, 5.74) is 5.14. The summed E-state index contributed by atoms with van der Waals surface area (Å²) in [6.45, 7) is 0. The number of benzene rings is 1. The molecule has 1 aromatic carbocycles. The third kappa shape index (κ3) is 2.75. The molecule has 0 spiro atoms. The Labute approximate surface area is 151 Å². The molecule has 0 saturated heterocycles. The second-order valence-electron chi connectivity index (χ2n) is 7.28. The summed E-state index contributed by atoms with van der Waals surface area (Å²) in [5, 5.41) is 0.391. The molecule has 1 aromatic rings. The van der Waals surface area contributed by atoms with E-state index in [2.05, 4.69) is 5.92 Å². The van der Waals surface area contributed by atoms with Crippen molar-refractivity contribution < 1.29 is 14.3 Å². The molecule has 0 radical (unpaired) electrons. The normalized spacial score (nSPS) is 29.4. The molecule has 2 atom stereocenters. The minimum Gasteiger partial charge on any atom is -0.489 e. The standard InChI is InChI=1S/C19H19ClN2O3/c1-2-17(23)22(19(18(21)24)9-11-7-12(11)10-19)13-3-6-16(15(20)8-13)25-14-4-5-14/h1,3,6,8,11-12,14H,4-5,7,9-10H2,(H2,21,24). The lowest BCUT2D eigenvalue weighted by Crippen LogP contribution is -2.59. The quantitative estimate of drug-likeness (QED) is 0.822. The largest absolute Gasteiger partial charge is 0.489 e. The van der Waals surface area contributed by atoms with Crippen LogP contribution in [0.25, 0.3) is 0 Å². The Balaban J connectivity index is 1.72. The molecule has 6 heteroatoms. The first kappa shape index (κ1) is 16.3. The van der Waals surface area contributed by atoms with Gasteiger partial charge in [-0.15, -0.1) is 6.42 Å². The number of primary amides is 1. The number of terminal acetylenes is 1. The molecule has 2 amide bonds. The number of nitrogens with two attached hydrogens (primary N) is 1. The molecule has 4 rings (SSSR count). The van der Waals surface area contributed by atoms with Crippen LogP contribution in [-0.2, 0) is 9.59 Å². The average Bonchev–Trinajstić information content (AvgIpc) is 3.50. The highest BCUT2D eigenvalue weighted by Crippen LogP contribution is 2.58. The number of nitrogens with zero attached hydrogens (tertiary/aromatic N) is 1. The van der Waals surface area contributed by atoms with E-state index >= 15 is 0 Å². The summed E-state index contributed by atoms with van der Waals surface area (Å²) in [4.78, 5) is 26.2. The predicted molar refractivity (Wildman–Crippen MR) is 94.2 cm³/mol. The molecule has 5 nitrogen and oxygen atoms in total. The van der Waals surface area contributed by atoms with Gasteiger partial charge in [-0.3, -0.25) is 14.5 Å². The Morgan fingerprint density at radius 2 is 2.00 bits per heavy atom. The zero-order valence-electron chi connectivity index (χ0n) is 13.7. The number of hydrogen-bond donors (Lipinski definition) is 1. The minimum atomic E-state index is -1.07. The van der Waals surface area contributed by atoms with Gasteiger partial charge in [-0.25, -0.2) is 0 Å². The van der Waals surface area contributed by atoms with Crippen molar-refractivity contribution in [2.75, 3.05) is 4.90 Å². The Kier molecular flexibility index (Phi) is 3.69. The smallest absolute Gasteiger partial charge is 0.303 e. The highest BCUT2D eigenvalue weighted by Gasteiger charge is 2.60. The Hall–Kier alpha value is -2.19. The maximum absolute atomic E-state index is 12.5. The molecule has 3 aliphatic carbocycles. The number of carbonyl (C=O) groups excluding carboxylic acids is 2. The number of carbonyl (C=O) groups is 2. The van der Waals surface area contributed by atoms with E-state index < -0.39 is 17.4 Å². The second kappa shape index (κ2) is 5.67. The summed E-state index contributed by atoms with van der Waals surface area (Å²) in [6, 6.07) is 5.06. The van der Waals surface area contributed by atoms with Crippen molar-refractivity contribution in [2.45, 2.75) is 43.7 Å². The first-order valence-electron chi connectivity index (χ1n) is 8.51. The number of rotatable bonds is 5. The lowest BCUT2D eigenvalue weighted by molar-refractivity contribution is -0.126. The predicted octanol–water partition coefficient (Wildman–Crippen LogP) is 2.50. The summed E-state index contributed by atoms with van der Waals surface area (Å²) in [6.07, 6.45) is 9.82. The molecular weight excluding hydrogens is 340 g/mol. The summed E-state index contributed by atoms with van der Waals surface area (Å²) < 4.78 is 5.73. The van der Waals surface area contributed by atoms with Crippen LogP contribution in [0.4, 0.5) is 5.69 Å². The van der Waals surface area contributed by atoms with Gasteiger partial charge in [-0.05, 0) is 68.1 Å².